The lowest BCUT2D eigenvalue weighted by molar-refractivity contribution is -0.384. The predicted octanol–water partition coefficient (Wildman–Crippen LogP) is 2.82. The van der Waals surface area contributed by atoms with Gasteiger partial charge in [0.2, 0.25) is 5.91 Å². The number of carbonyl (C=O) groups excluding carboxylic acids is 3. The minimum Gasteiger partial charge on any atom is -0.445 e. The molecule has 2 heterocycles. The molecule has 0 spiro atoms. The molecule has 11 nitrogen and oxygen atoms in total. The van der Waals surface area contributed by atoms with Crippen molar-refractivity contribution in [1.29, 1.82) is 0 Å². The number of nitro benzene ring substituents is 1. The van der Waals surface area contributed by atoms with Gasteiger partial charge in [-0.25, -0.2) is 9.59 Å². The van der Waals surface area contributed by atoms with Crippen LogP contribution in [0.1, 0.15) is 45.6 Å². The average Bonchev–Trinajstić information content (AvgIpc) is 3.41. The first-order valence-corrected chi connectivity index (χ1v) is 11.0. The number of nitro groups is 1. The highest BCUT2D eigenvalue weighted by Crippen LogP contribution is 2.21. The molecule has 2 atom stereocenters. The molecule has 0 radical (unpaired) electrons. The number of carbonyl (C=O) groups is 3. The molecule has 2 saturated heterocycles. The quantitative estimate of drug-likeness (QED) is 0.526. The normalized spacial score (nSPS) is 20.5. The second-order valence-electron chi connectivity index (χ2n) is 9.25. The smallest absolute Gasteiger partial charge is 0.410 e. The number of nitrogens with one attached hydrogen (secondary N) is 1. The fourth-order valence-electron chi connectivity index (χ4n) is 3.87. The van der Waals surface area contributed by atoms with Gasteiger partial charge in [-0.1, -0.05) is 0 Å². The van der Waals surface area contributed by atoms with Gasteiger partial charge in [0.15, 0.2) is 0 Å². The van der Waals surface area contributed by atoms with Gasteiger partial charge < -0.3 is 19.7 Å². The lowest BCUT2D eigenvalue weighted by atomic mass is 10.2. The number of likely N-dealkylation sites (tertiary alicyclic amines) is 2. The number of amides is 3. The summed E-state index contributed by atoms with van der Waals surface area (Å²) >= 11 is 0. The first-order valence-electron chi connectivity index (χ1n) is 11.0. The molecular formula is C22H30N4O7. The average molecular weight is 463 g/mol. The Morgan fingerprint density at radius 2 is 1.82 bits per heavy atom. The Morgan fingerprint density at radius 3 is 2.45 bits per heavy atom. The van der Waals surface area contributed by atoms with E-state index >= 15 is 0 Å². The fraction of sp³-hybridized carbons (Fsp3) is 0.591. The Hall–Kier alpha value is -3.37. The van der Waals surface area contributed by atoms with Crippen molar-refractivity contribution >= 4 is 23.8 Å². The van der Waals surface area contributed by atoms with E-state index in [0.717, 1.165) is 0 Å². The van der Waals surface area contributed by atoms with E-state index in [4.69, 9.17) is 9.47 Å². The maximum Gasteiger partial charge on any atom is 0.410 e. The van der Waals surface area contributed by atoms with Gasteiger partial charge in [0, 0.05) is 37.8 Å². The lowest BCUT2D eigenvalue weighted by Gasteiger charge is -2.26. The number of nitrogens with zero attached hydrogens (tertiary/aromatic N) is 3. The topological polar surface area (TPSA) is 131 Å². The van der Waals surface area contributed by atoms with Crippen LogP contribution >= 0.6 is 0 Å². The van der Waals surface area contributed by atoms with Crippen molar-refractivity contribution in [2.24, 2.45) is 0 Å². The summed E-state index contributed by atoms with van der Waals surface area (Å²) in [5.41, 5.74) is -0.0155. The number of rotatable bonds is 5. The van der Waals surface area contributed by atoms with Crippen LogP contribution in [-0.4, -0.2) is 70.1 Å². The highest BCUT2D eigenvalue weighted by atomic mass is 16.6. The molecule has 0 aromatic heterocycles. The van der Waals surface area contributed by atoms with Crippen LogP contribution in [0.5, 0.6) is 0 Å². The fourth-order valence-corrected chi connectivity index (χ4v) is 3.87. The molecule has 11 heteroatoms. The summed E-state index contributed by atoms with van der Waals surface area (Å²) < 4.78 is 10.7. The van der Waals surface area contributed by atoms with E-state index in [0.29, 0.717) is 44.5 Å². The Labute approximate surface area is 192 Å². The zero-order chi connectivity index (χ0) is 24.2. The van der Waals surface area contributed by atoms with E-state index in [1.807, 2.05) is 0 Å². The van der Waals surface area contributed by atoms with E-state index in [1.54, 1.807) is 25.7 Å². The zero-order valence-electron chi connectivity index (χ0n) is 19.1. The Balaban J connectivity index is 1.49. The maximum absolute atomic E-state index is 12.8. The van der Waals surface area contributed by atoms with Crippen LogP contribution in [0.25, 0.3) is 0 Å². The van der Waals surface area contributed by atoms with Crippen molar-refractivity contribution in [1.82, 2.24) is 15.1 Å². The summed E-state index contributed by atoms with van der Waals surface area (Å²) in [5, 5.41) is 13.7. The second kappa shape index (κ2) is 10.1. The van der Waals surface area contributed by atoms with Crippen molar-refractivity contribution in [3.8, 4) is 0 Å². The number of hydrogen-bond acceptors (Lipinski definition) is 7. The van der Waals surface area contributed by atoms with Crippen LogP contribution in [0.15, 0.2) is 24.3 Å². The van der Waals surface area contributed by atoms with Crippen molar-refractivity contribution in [2.75, 3.05) is 19.6 Å². The van der Waals surface area contributed by atoms with Crippen LogP contribution in [0.2, 0.25) is 0 Å². The van der Waals surface area contributed by atoms with Crippen molar-refractivity contribution < 1.29 is 28.8 Å². The molecule has 2 aliphatic heterocycles. The standard InChI is InChI=1S/C22H30N4O7/c1-22(2,3)33-20(28)24-12-10-16(13-24)23-19(27)18-5-4-11-25(18)21(29)32-14-15-6-8-17(9-7-15)26(30)31/h6-9,16,18H,4-5,10-14H2,1-3H3,(H,23,27)/t16-,18+/m0/s1. The molecule has 2 fully saturated rings. The molecule has 3 rings (SSSR count). The molecule has 1 aromatic carbocycles. The van der Waals surface area contributed by atoms with Gasteiger partial charge in [-0.05, 0) is 57.7 Å². The molecule has 0 saturated carbocycles. The Kier molecular flexibility index (Phi) is 7.39. The van der Waals surface area contributed by atoms with Gasteiger partial charge in [0.05, 0.1) is 4.92 Å². The van der Waals surface area contributed by atoms with E-state index in [-0.39, 0.29) is 24.2 Å². The van der Waals surface area contributed by atoms with Crippen LogP contribution in [-0.2, 0) is 20.9 Å². The molecule has 0 unspecified atom stereocenters. The van der Waals surface area contributed by atoms with Crippen LogP contribution in [0.3, 0.4) is 0 Å². The second-order valence-corrected chi connectivity index (χ2v) is 9.25. The number of non-ortho nitro benzene ring substituents is 1. The first-order chi connectivity index (χ1) is 15.5. The van der Waals surface area contributed by atoms with Gasteiger partial charge in [-0.2, -0.15) is 0 Å². The predicted molar refractivity (Wildman–Crippen MR) is 117 cm³/mol. The summed E-state index contributed by atoms with van der Waals surface area (Å²) in [6, 6.07) is 4.90. The summed E-state index contributed by atoms with van der Waals surface area (Å²) in [4.78, 5) is 50.8. The third kappa shape index (κ3) is 6.56. The molecule has 1 N–H and O–H groups in total. The van der Waals surface area contributed by atoms with Crippen molar-refractivity contribution in [3.05, 3.63) is 39.9 Å². The van der Waals surface area contributed by atoms with Gasteiger partial charge >= 0.3 is 12.2 Å². The summed E-state index contributed by atoms with van der Waals surface area (Å²) in [5.74, 6) is -0.268. The highest BCUT2D eigenvalue weighted by Gasteiger charge is 2.37. The molecule has 0 aliphatic carbocycles. The molecule has 33 heavy (non-hydrogen) atoms. The maximum atomic E-state index is 12.8. The minimum atomic E-state index is -0.634. The van der Waals surface area contributed by atoms with Crippen LogP contribution in [0.4, 0.5) is 15.3 Å². The largest absolute Gasteiger partial charge is 0.445 e. The summed E-state index contributed by atoms with van der Waals surface area (Å²) in [7, 11) is 0. The monoisotopic (exact) mass is 462 g/mol. The van der Waals surface area contributed by atoms with Gasteiger partial charge in [-0.15, -0.1) is 0 Å². The number of benzene rings is 1. The van der Waals surface area contributed by atoms with Gasteiger partial charge in [-0.3, -0.25) is 19.8 Å². The van der Waals surface area contributed by atoms with E-state index in [2.05, 4.69) is 5.32 Å². The summed E-state index contributed by atoms with van der Waals surface area (Å²) in [6.07, 6.45) is 0.812. The molecule has 2 aliphatic rings. The van der Waals surface area contributed by atoms with E-state index in [9.17, 15) is 24.5 Å². The van der Waals surface area contributed by atoms with E-state index < -0.39 is 28.8 Å². The molecule has 3 amide bonds. The minimum absolute atomic E-state index is 0.0431. The van der Waals surface area contributed by atoms with Crippen LogP contribution < -0.4 is 5.32 Å². The Morgan fingerprint density at radius 1 is 1.12 bits per heavy atom. The number of ether oxygens (including phenoxy) is 2. The third-order valence-electron chi connectivity index (χ3n) is 5.49. The Bertz CT molecular complexity index is 897. The third-order valence-corrected chi connectivity index (χ3v) is 5.49. The SMILES string of the molecule is CC(C)(C)OC(=O)N1CC[C@H](NC(=O)[C@H]2CCCN2C(=O)OCc2ccc([N+](=O)[O-])cc2)C1. The molecular weight excluding hydrogens is 432 g/mol. The molecule has 1 aromatic rings. The molecule has 0 bridgehead atoms. The summed E-state index contributed by atoms with van der Waals surface area (Å²) in [6.45, 7) is 6.62. The number of hydrogen-bond donors (Lipinski definition) is 1. The first kappa shape index (κ1) is 24.3. The van der Waals surface area contributed by atoms with E-state index in [1.165, 1.54) is 29.2 Å². The van der Waals surface area contributed by atoms with Crippen LogP contribution in [0, 0.1) is 10.1 Å². The van der Waals surface area contributed by atoms with Crippen molar-refractivity contribution in [2.45, 2.75) is 64.3 Å². The van der Waals surface area contributed by atoms with Gasteiger partial charge in [0.25, 0.3) is 5.69 Å². The highest BCUT2D eigenvalue weighted by molar-refractivity contribution is 5.86. The molecule has 180 valence electrons. The zero-order valence-corrected chi connectivity index (χ0v) is 19.1. The lowest BCUT2D eigenvalue weighted by Crippen LogP contribution is -2.49. The van der Waals surface area contributed by atoms with Crippen molar-refractivity contribution in [3.63, 3.8) is 0 Å². The van der Waals surface area contributed by atoms with Gasteiger partial charge in [0.1, 0.15) is 18.2 Å².